The molecule has 0 aromatic carbocycles. The lowest BCUT2D eigenvalue weighted by atomic mass is 10.1. The highest BCUT2D eigenvalue weighted by atomic mass is 79.9. The van der Waals surface area contributed by atoms with Crippen molar-refractivity contribution >= 4 is 43.4 Å². The topological polar surface area (TPSA) is 34.1 Å². The Kier molecular flexibility index (Phi) is 6.01. The van der Waals surface area contributed by atoms with Crippen LogP contribution in [-0.4, -0.2) is 21.2 Å². The second kappa shape index (κ2) is 5.86. The maximum atomic E-state index is 10.8. The summed E-state index contributed by atoms with van der Waals surface area (Å²) in [7, 11) is 0. The molecule has 4 heteroatoms. The first-order chi connectivity index (χ1) is 5.45. The predicted molar refractivity (Wildman–Crippen MR) is 56.0 cm³/mol. The van der Waals surface area contributed by atoms with Crippen molar-refractivity contribution < 1.29 is 9.59 Å². The zero-order chi connectivity index (χ0) is 9.72. The van der Waals surface area contributed by atoms with Crippen LogP contribution in [0.2, 0.25) is 0 Å². The normalized spacial score (nSPS) is 15.3. The smallest absolute Gasteiger partial charge is 0.143 e. The second-order valence-electron chi connectivity index (χ2n) is 2.73. The third-order valence-electron chi connectivity index (χ3n) is 1.56. The van der Waals surface area contributed by atoms with Gasteiger partial charge in [-0.25, -0.2) is 0 Å². The standard InChI is InChI=1S/C8H12Br2O2/c1-5(11)7(9)3-4-8(10)6(2)12/h7-8H,3-4H2,1-2H3/t7-,8+. The van der Waals surface area contributed by atoms with Crippen molar-refractivity contribution in [3.05, 3.63) is 0 Å². The van der Waals surface area contributed by atoms with Crippen LogP contribution in [0.1, 0.15) is 26.7 Å². The van der Waals surface area contributed by atoms with Gasteiger partial charge in [-0.1, -0.05) is 31.9 Å². The van der Waals surface area contributed by atoms with Gasteiger partial charge in [0.15, 0.2) is 0 Å². The van der Waals surface area contributed by atoms with Crippen molar-refractivity contribution in [2.75, 3.05) is 0 Å². The van der Waals surface area contributed by atoms with Crippen LogP contribution in [0, 0.1) is 0 Å². The van der Waals surface area contributed by atoms with E-state index in [1.54, 1.807) is 0 Å². The molecule has 0 saturated carbocycles. The zero-order valence-corrected chi connectivity index (χ0v) is 10.3. The van der Waals surface area contributed by atoms with Gasteiger partial charge in [0, 0.05) is 0 Å². The Morgan fingerprint density at radius 3 is 1.42 bits per heavy atom. The van der Waals surface area contributed by atoms with Crippen LogP contribution in [0.25, 0.3) is 0 Å². The first-order valence-corrected chi connectivity index (χ1v) is 5.57. The third kappa shape index (κ3) is 5.04. The molecule has 0 bridgehead atoms. The zero-order valence-electron chi connectivity index (χ0n) is 7.14. The lowest BCUT2D eigenvalue weighted by Gasteiger charge is -2.07. The largest absolute Gasteiger partial charge is 0.299 e. The fourth-order valence-corrected chi connectivity index (χ4v) is 1.23. The van der Waals surface area contributed by atoms with Crippen LogP contribution in [-0.2, 0) is 9.59 Å². The highest BCUT2D eigenvalue weighted by Crippen LogP contribution is 2.15. The molecule has 0 fully saturated rings. The van der Waals surface area contributed by atoms with E-state index < -0.39 is 0 Å². The van der Waals surface area contributed by atoms with Crippen molar-refractivity contribution in [1.82, 2.24) is 0 Å². The quantitative estimate of drug-likeness (QED) is 0.731. The number of carbonyl (C=O) groups is 2. The summed E-state index contributed by atoms with van der Waals surface area (Å²) in [5.74, 6) is 0.219. The molecular formula is C8H12Br2O2. The Morgan fingerprint density at radius 1 is 1.00 bits per heavy atom. The molecule has 0 aliphatic carbocycles. The van der Waals surface area contributed by atoms with Gasteiger partial charge in [0.25, 0.3) is 0 Å². The van der Waals surface area contributed by atoms with Gasteiger partial charge in [-0.05, 0) is 26.7 Å². The molecule has 2 atom stereocenters. The van der Waals surface area contributed by atoms with E-state index in [-0.39, 0.29) is 21.2 Å². The van der Waals surface area contributed by atoms with Crippen molar-refractivity contribution in [1.29, 1.82) is 0 Å². The first kappa shape index (κ1) is 12.3. The molecule has 2 nitrogen and oxygen atoms in total. The minimum atomic E-state index is -0.114. The van der Waals surface area contributed by atoms with E-state index in [2.05, 4.69) is 31.9 Å². The molecular weight excluding hydrogens is 288 g/mol. The predicted octanol–water partition coefficient (Wildman–Crippen LogP) is 2.47. The maximum absolute atomic E-state index is 10.8. The summed E-state index contributed by atoms with van der Waals surface area (Å²) in [6.45, 7) is 3.08. The van der Waals surface area contributed by atoms with E-state index >= 15 is 0 Å². The Labute approximate surface area is 89.4 Å². The average molecular weight is 300 g/mol. The second-order valence-corrected chi connectivity index (χ2v) is 4.94. The summed E-state index contributed by atoms with van der Waals surface area (Å²) < 4.78 is 0. The molecule has 0 aliphatic rings. The number of ketones is 2. The summed E-state index contributed by atoms with van der Waals surface area (Å²) in [4.78, 5) is 21.3. The minimum Gasteiger partial charge on any atom is -0.299 e. The number of hydrogen-bond acceptors (Lipinski definition) is 2. The van der Waals surface area contributed by atoms with Gasteiger partial charge in [-0.2, -0.15) is 0 Å². The molecule has 0 aromatic rings. The Bertz CT molecular complexity index is 160. The molecule has 0 saturated heterocycles. The van der Waals surface area contributed by atoms with Crippen LogP contribution < -0.4 is 0 Å². The molecule has 12 heavy (non-hydrogen) atoms. The molecule has 70 valence electrons. The van der Waals surface area contributed by atoms with Crippen molar-refractivity contribution in [3.8, 4) is 0 Å². The molecule has 0 radical (unpaired) electrons. The molecule has 0 heterocycles. The van der Waals surface area contributed by atoms with E-state index in [0.717, 1.165) is 0 Å². The molecule has 0 N–H and O–H groups in total. The van der Waals surface area contributed by atoms with Gasteiger partial charge >= 0.3 is 0 Å². The van der Waals surface area contributed by atoms with Crippen LogP contribution in [0.5, 0.6) is 0 Å². The number of Topliss-reactive ketones (excluding diaryl/α,β-unsaturated/α-hetero) is 2. The Balaban J connectivity index is 3.68. The maximum Gasteiger partial charge on any atom is 0.143 e. The fraction of sp³-hybridized carbons (Fsp3) is 0.750. The van der Waals surface area contributed by atoms with Crippen LogP contribution in [0.3, 0.4) is 0 Å². The van der Waals surface area contributed by atoms with Crippen LogP contribution >= 0.6 is 31.9 Å². The van der Waals surface area contributed by atoms with Crippen LogP contribution in [0.4, 0.5) is 0 Å². The lowest BCUT2D eigenvalue weighted by molar-refractivity contribution is -0.118. The van der Waals surface area contributed by atoms with Crippen molar-refractivity contribution in [2.45, 2.75) is 36.3 Å². The molecule has 0 amide bonds. The number of rotatable bonds is 5. The molecule has 0 spiro atoms. The molecule has 0 aromatic heterocycles. The van der Waals surface area contributed by atoms with Crippen molar-refractivity contribution in [3.63, 3.8) is 0 Å². The van der Waals surface area contributed by atoms with Crippen molar-refractivity contribution in [2.24, 2.45) is 0 Å². The Hall–Kier alpha value is 0.300. The average Bonchev–Trinajstić information content (AvgIpc) is 1.98. The summed E-state index contributed by atoms with van der Waals surface area (Å²) in [5.41, 5.74) is 0. The SMILES string of the molecule is CC(=O)[C@H](Br)CC[C@H](Br)C(C)=O. The van der Waals surface area contributed by atoms with Gasteiger partial charge in [0.1, 0.15) is 11.6 Å². The summed E-state index contributed by atoms with van der Waals surface area (Å²) >= 11 is 6.48. The number of halogens is 2. The monoisotopic (exact) mass is 298 g/mol. The number of alkyl halides is 2. The summed E-state index contributed by atoms with van der Waals surface area (Å²) in [6.07, 6.45) is 1.40. The third-order valence-corrected chi connectivity index (χ3v) is 3.76. The summed E-state index contributed by atoms with van der Waals surface area (Å²) in [5, 5.41) is 0. The van der Waals surface area contributed by atoms with Gasteiger partial charge in [0.2, 0.25) is 0 Å². The molecule has 0 rings (SSSR count). The van der Waals surface area contributed by atoms with Gasteiger partial charge in [-0.3, -0.25) is 9.59 Å². The van der Waals surface area contributed by atoms with E-state index in [4.69, 9.17) is 0 Å². The van der Waals surface area contributed by atoms with Gasteiger partial charge in [-0.15, -0.1) is 0 Å². The minimum absolute atomic E-state index is 0.109. The molecule has 0 aliphatic heterocycles. The van der Waals surface area contributed by atoms with E-state index in [0.29, 0.717) is 12.8 Å². The van der Waals surface area contributed by atoms with Gasteiger partial charge in [0.05, 0.1) is 9.65 Å². The number of hydrogen-bond donors (Lipinski definition) is 0. The summed E-state index contributed by atoms with van der Waals surface area (Å²) in [6, 6.07) is 0. The highest BCUT2D eigenvalue weighted by Gasteiger charge is 2.14. The van der Waals surface area contributed by atoms with E-state index in [9.17, 15) is 9.59 Å². The van der Waals surface area contributed by atoms with Crippen LogP contribution in [0.15, 0.2) is 0 Å². The highest BCUT2D eigenvalue weighted by molar-refractivity contribution is 9.10. The fourth-order valence-electron chi connectivity index (χ4n) is 0.699. The molecule has 0 unspecified atom stereocenters. The number of carbonyl (C=O) groups excluding carboxylic acids is 2. The first-order valence-electron chi connectivity index (χ1n) is 3.74. The van der Waals surface area contributed by atoms with E-state index in [1.165, 1.54) is 13.8 Å². The van der Waals surface area contributed by atoms with E-state index in [1.807, 2.05) is 0 Å². The Morgan fingerprint density at radius 2 is 1.25 bits per heavy atom. The lowest BCUT2D eigenvalue weighted by Crippen LogP contribution is -2.15. The van der Waals surface area contributed by atoms with Gasteiger partial charge < -0.3 is 0 Å².